The number of hydrogen-bond acceptors (Lipinski definition) is 9. The van der Waals surface area contributed by atoms with E-state index in [0.717, 1.165) is 46.3 Å². The van der Waals surface area contributed by atoms with Crippen LogP contribution < -0.4 is 15.4 Å². The molecule has 2 saturated heterocycles. The lowest BCUT2D eigenvalue weighted by Crippen LogP contribution is -2.51. The summed E-state index contributed by atoms with van der Waals surface area (Å²) in [6, 6.07) is 13.9. The molecule has 68 heavy (non-hydrogen) atoms. The number of alkyl carbamates (subject to hydrolysis) is 1. The van der Waals surface area contributed by atoms with E-state index in [1.54, 1.807) is 28.6 Å². The van der Waals surface area contributed by atoms with Crippen LogP contribution in [-0.4, -0.2) is 90.4 Å². The summed E-state index contributed by atoms with van der Waals surface area (Å²) >= 11 is 1.74. The van der Waals surface area contributed by atoms with Gasteiger partial charge in [0.15, 0.2) is 0 Å². The zero-order valence-electron chi connectivity index (χ0n) is 38.5. The molecule has 4 N–H and O–H groups in total. The van der Waals surface area contributed by atoms with Gasteiger partial charge in [0.1, 0.15) is 35.3 Å². The summed E-state index contributed by atoms with van der Waals surface area (Å²) in [4.78, 5) is 74.0. The minimum Gasteiger partial charge on any atom is -0.464 e. The smallest absolute Gasteiger partial charge is 0.407 e. The van der Waals surface area contributed by atoms with Crippen LogP contribution in [0.2, 0.25) is 0 Å². The highest BCUT2D eigenvalue weighted by molar-refractivity contribution is 7.12. The second-order valence-corrected chi connectivity index (χ2v) is 20.2. The molecule has 6 aromatic rings. The molecule has 5 atom stereocenters. The number of fused-ring (bicyclic) bond motifs is 5. The van der Waals surface area contributed by atoms with Gasteiger partial charge in [-0.3, -0.25) is 19.0 Å². The van der Waals surface area contributed by atoms with E-state index in [-0.39, 0.29) is 49.1 Å². The number of likely N-dealkylation sites (tertiary alicyclic amines) is 2. The predicted octanol–water partition coefficient (Wildman–Crippen LogP) is 9.61. The predicted molar refractivity (Wildman–Crippen MR) is 258 cm³/mol. The number of carbonyl (C=O) groups is 4. The number of imidazole rings is 2. The van der Waals surface area contributed by atoms with E-state index in [0.29, 0.717) is 65.3 Å². The van der Waals surface area contributed by atoms with Gasteiger partial charge >= 0.3 is 6.09 Å². The summed E-state index contributed by atoms with van der Waals surface area (Å²) < 4.78 is 30.7. The van der Waals surface area contributed by atoms with Crippen molar-refractivity contribution in [2.45, 2.75) is 117 Å². The van der Waals surface area contributed by atoms with Crippen LogP contribution in [0.25, 0.3) is 44.7 Å². The zero-order valence-corrected chi connectivity index (χ0v) is 39.3. The van der Waals surface area contributed by atoms with Gasteiger partial charge in [-0.25, -0.2) is 19.2 Å². The number of amides is 4. The standard InChI is InChI=1S/C50H56FN9O6S.CH4/c1-25(2)43(54-27(5)61)47(62)58-17-7-9-36(58)45-52-23-33(55-45)29-13-14-35-31(19-29)21-38-42-32(51)20-30(22-39(42)66-49(60(35)38)41-16-15-40(67-41)28-11-12-28)34-24-53-46(56-34)37-10-8-18-59(37)48(63)44(26(3)4)57-50(64)65-6;/h13-16,19-26,28,36-37,43-44,49H,7-12,17-18H2,1-6H3,(H,52,55)(H,53,56)(H,54,61)(H,57,64);1H4/t36-,37-,43-,44-,49-;/m0./s1. The third kappa shape index (κ3) is 8.53. The number of H-pyrrole nitrogens is 2. The van der Waals surface area contributed by atoms with Crippen molar-refractivity contribution in [3.8, 4) is 39.5 Å². The summed E-state index contributed by atoms with van der Waals surface area (Å²) in [7, 11) is 1.27. The normalized spacial score (nSPS) is 19.6. The molecule has 0 bridgehead atoms. The molecule has 0 unspecified atom stereocenters. The Hall–Kier alpha value is -6.49. The SMILES string of the molecule is C.COC(=O)N[C@H](C(=O)N1CCC[C@H]1c1ncc(-c2cc(F)c3c(c2)O[C@@H](c2ccc(C4CC4)s2)n2c-3cc3cc(-c4cnc([C@@H]5CCCN5C(=O)[C@@H](NC(C)=O)C(C)C)[nH]4)ccc32)[nH]1)C(C)C. The van der Waals surface area contributed by atoms with Gasteiger partial charge in [0.2, 0.25) is 23.9 Å². The van der Waals surface area contributed by atoms with Crippen LogP contribution in [0.1, 0.15) is 126 Å². The highest BCUT2D eigenvalue weighted by atomic mass is 32.1. The third-order valence-electron chi connectivity index (χ3n) is 13.7. The minimum atomic E-state index is -0.764. The molecule has 15 nitrogen and oxygen atoms in total. The molecular formula is C51H60FN9O6S. The number of benzene rings is 2. The van der Waals surface area contributed by atoms with E-state index in [2.05, 4.69) is 43.4 Å². The summed E-state index contributed by atoms with van der Waals surface area (Å²) in [5.41, 5.74) is 4.76. The molecule has 4 amide bonds. The van der Waals surface area contributed by atoms with E-state index < -0.39 is 30.2 Å². The first kappa shape index (κ1) is 46.6. The Morgan fingerprint density at radius 2 is 1.40 bits per heavy atom. The summed E-state index contributed by atoms with van der Waals surface area (Å²) in [6.45, 7) is 10.1. The maximum absolute atomic E-state index is 16.9. The molecule has 1 saturated carbocycles. The van der Waals surface area contributed by atoms with Gasteiger partial charge in [-0.15, -0.1) is 11.3 Å². The van der Waals surface area contributed by atoms with E-state index in [9.17, 15) is 19.2 Å². The Morgan fingerprint density at radius 1 is 0.794 bits per heavy atom. The molecule has 0 radical (unpaired) electrons. The van der Waals surface area contributed by atoms with E-state index in [1.165, 1.54) is 37.8 Å². The molecule has 3 aliphatic heterocycles. The average molecular weight is 946 g/mol. The first-order valence-corrected chi connectivity index (χ1v) is 24.2. The number of aromatic nitrogens is 5. The van der Waals surface area contributed by atoms with Crippen molar-refractivity contribution >= 4 is 46.1 Å². The topological polar surface area (TPSA) is 180 Å². The van der Waals surface area contributed by atoms with Crippen LogP contribution in [0, 0.1) is 17.7 Å². The van der Waals surface area contributed by atoms with Gasteiger partial charge in [-0.05, 0) is 98.7 Å². The summed E-state index contributed by atoms with van der Waals surface area (Å²) in [6.07, 6.45) is 7.62. The van der Waals surface area contributed by atoms with Crippen molar-refractivity contribution in [2.75, 3.05) is 20.2 Å². The zero-order chi connectivity index (χ0) is 46.8. The van der Waals surface area contributed by atoms with E-state index >= 15 is 4.39 Å². The fraction of sp³-hybridized carbons (Fsp3) is 0.451. The first-order valence-electron chi connectivity index (χ1n) is 23.4. The highest BCUT2D eigenvalue weighted by Crippen LogP contribution is 2.50. The minimum absolute atomic E-state index is 0. The first-order chi connectivity index (χ1) is 32.3. The Bertz CT molecular complexity index is 2890. The van der Waals surface area contributed by atoms with Gasteiger partial charge in [0.25, 0.3) is 0 Å². The monoisotopic (exact) mass is 945 g/mol. The van der Waals surface area contributed by atoms with Crippen molar-refractivity contribution in [1.29, 1.82) is 0 Å². The van der Waals surface area contributed by atoms with Gasteiger partial charge in [-0.2, -0.15) is 0 Å². The molecule has 10 rings (SSSR count). The number of thiophene rings is 1. The number of nitrogens with zero attached hydrogens (tertiary/aromatic N) is 5. The molecule has 4 aromatic heterocycles. The maximum atomic E-state index is 16.9. The Labute approximate surface area is 399 Å². The summed E-state index contributed by atoms with van der Waals surface area (Å²) in [5.74, 6) is 1.00. The number of aromatic amines is 2. The van der Waals surface area contributed by atoms with Gasteiger partial charge in [0.05, 0.1) is 64.6 Å². The third-order valence-corrected chi connectivity index (χ3v) is 15.0. The molecule has 0 spiro atoms. The van der Waals surface area contributed by atoms with Crippen molar-refractivity contribution < 1.29 is 33.0 Å². The number of hydrogen-bond donors (Lipinski definition) is 4. The molecule has 4 aliphatic rings. The molecular weight excluding hydrogens is 886 g/mol. The number of nitrogens with one attached hydrogen (secondary N) is 4. The second-order valence-electron chi connectivity index (χ2n) is 19.0. The highest BCUT2D eigenvalue weighted by Gasteiger charge is 2.40. The van der Waals surface area contributed by atoms with E-state index in [1.807, 2.05) is 56.9 Å². The molecule has 7 heterocycles. The van der Waals surface area contributed by atoms with Crippen LogP contribution in [0.4, 0.5) is 9.18 Å². The number of rotatable bonds is 12. The molecule has 1 aliphatic carbocycles. The Kier molecular flexibility index (Phi) is 12.7. The maximum Gasteiger partial charge on any atom is 0.407 e. The molecule has 17 heteroatoms. The number of methoxy groups -OCH3 is 1. The fourth-order valence-electron chi connectivity index (χ4n) is 10.1. The van der Waals surface area contributed by atoms with E-state index in [4.69, 9.17) is 19.4 Å². The van der Waals surface area contributed by atoms with Crippen LogP contribution >= 0.6 is 11.3 Å². The van der Waals surface area contributed by atoms with Gasteiger partial charge < -0.3 is 39.9 Å². The number of ether oxygens (including phenoxy) is 2. The number of carbonyl (C=O) groups excluding carboxylic acids is 4. The second kappa shape index (κ2) is 18.5. The summed E-state index contributed by atoms with van der Waals surface area (Å²) in [5, 5.41) is 6.43. The van der Waals surface area contributed by atoms with Crippen molar-refractivity contribution in [1.82, 2.24) is 44.9 Å². The average Bonchev–Trinajstić information content (AvgIpc) is 4.03. The lowest BCUT2D eigenvalue weighted by Gasteiger charge is -2.30. The largest absolute Gasteiger partial charge is 0.464 e. The van der Waals surface area contributed by atoms with Crippen molar-refractivity contribution in [3.05, 3.63) is 88.1 Å². The lowest BCUT2D eigenvalue weighted by molar-refractivity contribution is -0.138. The lowest BCUT2D eigenvalue weighted by atomic mass is 10.0. The molecule has 2 aromatic carbocycles. The van der Waals surface area contributed by atoms with Crippen LogP contribution in [0.3, 0.4) is 0 Å². The Morgan fingerprint density at radius 3 is 1.99 bits per heavy atom. The van der Waals surface area contributed by atoms with Gasteiger partial charge in [-0.1, -0.05) is 41.2 Å². The Balaban J connectivity index is 0.00000578. The quantitative estimate of drug-likeness (QED) is 0.0937. The van der Waals surface area contributed by atoms with Gasteiger partial charge in [0, 0.05) is 41.4 Å². The van der Waals surface area contributed by atoms with Crippen LogP contribution in [0.5, 0.6) is 5.75 Å². The molecule has 358 valence electrons. The van der Waals surface area contributed by atoms with Crippen molar-refractivity contribution in [2.24, 2.45) is 11.8 Å². The number of halogens is 1. The van der Waals surface area contributed by atoms with Crippen LogP contribution in [0.15, 0.2) is 60.9 Å². The fourth-order valence-corrected chi connectivity index (χ4v) is 11.3. The molecule has 3 fully saturated rings. The van der Waals surface area contributed by atoms with Crippen LogP contribution in [-0.2, 0) is 19.1 Å². The van der Waals surface area contributed by atoms with Crippen molar-refractivity contribution in [3.63, 3.8) is 0 Å².